The fourth-order valence-electron chi connectivity index (χ4n) is 6.89. The summed E-state index contributed by atoms with van der Waals surface area (Å²) in [5.74, 6) is 2.30. The van der Waals surface area contributed by atoms with Gasteiger partial charge in [0, 0.05) is 31.5 Å². The van der Waals surface area contributed by atoms with E-state index in [0.29, 0.717) is 0 Å². The number of aromatic amines is 2. The van der Waals surface area contributed by atoms with E-state index in [-0.39, 0.29) is 53.9 Å². The molecule has 0 saturated carbocycles. The van der Waals surface area contributed by atoms with Crippen LogP contribution in [0.4, 0.5) is 0 Å². The van der Waals surface area contributed by atoms with Crippen molar-refractivity contribution in [1.82, 2.24) is 50.3 Å². The molecule has 2 fully saturated rings. The van der Waals surface area contributed by atoms with Gasteiger partial charge in [0.2, 0.25) is 11.8 Å². The number of likely N-dealkylation sites (tertiary alicyclic amines) is 2. The molecular formula is C36H54N10O2S2. The van der Waals surface area contributed by atoms with E-state index in [9.17, 15) is 9.59 Å². The molecule has 4 aromatic heterocycles. The van der Waals surface area contributed by atoms with Gasteiger partial charge >= 0.3 is 0 Å². The smallest absolute Gasteiger partial charge is 0.240 e. The summed E-state index contributed by atoms with van der Waals surface area (Å²) in [6.45, 7) is 18.0. The third kappa shape index (κ3) is 8.03. The number of nitrogens with one attached hydrogen (secondary N) is 4. The van der Waals surface area contributed by atoms with Crippen molar-refractivity contribution in [3.8, 4) is 31.2 Å². The number of likely N-dealkylation sites (N-methyl/N-ethyl adjacent to an activating group) is 1. The van der Waals surface area contributed by atoms with Crippen molar-refractivity contribution in [2.24, 2.45) is 11.8 Å². The average Bonchev–Trinajstić information content (AvgIpc) is 3.94. The number of nitrogens with zero attached hydrogens (tertiary/aromatic N) is 6. The van der Waals surface area contributed by atoms with E-state index >= 15 is 0 Å². The second kappa shape index (κ2) is 16.7. The van der Waals surface area contributed by atoms with Crippen LogP contribution in [0, 0.1) is 11.8 Å². The molecule has 2 aliphatic rings. The summed E-state index contributed by atoms with van der Waals surface area (Å²) in [6, 6.07) is -0.328. The molecule has 0 bridgehead atoms. The Bertz CT molecular complexity index is 1710. The molecule has 6 rings (SSSR count). The molecule has 2 amide bonds. The number of rotatable bonds is 12. The van der Waals surface area contributed by atoms with Crippen LogP contribution >= 0.6 is 22.7 Å². The molecule has 0 aliphatic carbocycles. The van der Waals surface area contributed by atoms with Gasteiger partial charge in [-0.05, 0) is 44.6 Å². The zero-order valence-electron chi connectivity index (χ0n) is 30.9. The lowest BCUT2D eigenvalue weighted by atomic mass is 10.0. The zero-order chi connectivity index (χ0) is 36.1. The maximum atomic E-state index is 13.6. The van der Waals surface area contributed by atoms with Crippen molar-refractivity contribution in [3.05, 3.63) is 36.4 Å². The third-order valence-corrected chi connectivity index (χ3v) is 11.5. The van der Waals surface area contributed by atoms with Crippen molar-refractivity contribution < 1.29 is 9.59 Å². The summed E-state index contributed by atoms with van der Waals surface area (Å²) >= 11 is 3.12. The van der Waals surface area contributed by atoms with Gasteiger partial charge in [-0.2, -0.15) is 0 Å². The largest absolute Gasteiger partial charge is 0.340 e. The second-order valence-electron chi connectivity index (χ2n) is 13.9. The lowest BCUT2D eigenvalue weighted by Gasteiger charge is -2.31. The highest BCUT2D eigenvalue weighted by Crippen LogP contribution is 2.39. The molecule has 4 aromatic rings. The van der Waals surface area contributed by atoms with E-state index < -0.39 is 0 Å². The molecule has 2 aliphatic heterocycles. The van der Waals surface area contributed by atoms with E-state index in [4.69, 9.17) is 19.9 Å². The Morgan fingerprint density at radius 2 is 1.16 bits per heavy atom. The lowest BCUT2D eigenvalue weighted by Crippen LogP contribution is -2.51. The van der Waals surface area contributed by atoms with Crippen LogP contribution in [0.25, 0.3) is 31.2 Å². The van der Waals surface area contributed by atoms with Gasteiger partial charge in [0.05, 0.1) is 57.7 Å². The first-order valence-electron chi connectivity index (χ1n) is 18.1. The number of carbonyl (C=O) groups is 2. The van der Waals surface area contributed by atoms with Gasteiger partial charge in [-0.25, -0.2) is 19.9 Å². The SMILES string of the molecule is CC.CN[C@H](C(=O)N1CCC[C@H]1c1ncc(-c2cnc(-c3ncc(-c4cnc([C@@H]5CCCN5C(=O)[C@@H](NC(C)C)C(C)C)[nH]4)s3)s2)[nH]1)C(C)C. The molecule has 50 heavy (non-hydrogen) atoms. The fraction of sp³-hybridized carbons (Fsp3) is 0.611. The van der Waals surface area contributed by atoms with Crippen molar-refractivity contribution in [2.75, 3.05) is 20.1 Å². The fourth-order valence-corrected chi connectivity index (χ4v) is 8.69. The minimum absolute atomic E-state index is 0.0585. The number of imidazole rings is 2. The van der Waals surface area contributed by atoms with E-state index in [1.165, 1.54) is 0 Å². The molecular weight excluding hydrogens is 669 g/mol. The van der Waals surface area contributed by atoms with Crippen LogP contribution in [0.2, 0.25) is 0 Å². The lowest BCUT2D eigenvalue weighted by molar-refractivity contribution is -0.136. The van der Waals surface area contributed by atoms with Crippen molar-refractivity contribution in [3.63, 3.8) is 0 Å². The van der Waals surface area contributed by atoms with Crippen molar-refractivity contribution in [1.29, 1.82) is 0 Å². The van der Waals surface area contributed by atoms with Crippen molar-refractivity contribution in [2.45, 2.75) is 111 Å². The standard InChI is InChI=1S/C34H48N10O2S2.C2H6/c1-18(2)27(35-7)33(45)43-12-8-10-23(43)29-36-14-21(41-29)25-16-38-31(47-25)32-39-17-26(48-32)22-15-37-30(42-22)24-11-9-13-44(24)34(46)28(19(3)4)40-20(5)6;1-2/h14-20,23-24,27-28,35,40H,8-13H2,1-7H3,(H,36,41)(H,37,42);1-2H3/t23-,24-,27-,28-;/m0./s1. The van der Waals surface area contributed by atoms with Crippen LogP contribution in [-0.2, 0) is 9.59 Å². The average molecular weight is 723 g/mol. The van der Waals surface area contributed by atoms with Gasteiger partial charge < -0.3 is 30.4 Å². The molecule has 12 nitrogen and oxygen atoms in total. The topological polar surface area (TPSA) is 148 Å². The van der Waals surface area contributed by atoms with Gasteiger partial charge in [-0.1, -0.05) is 55.4 Å². The molecule has 0 radical (unpaired) electrons. The Morgan fingerprint density at radius 1 is 0.720 bits per heavy atom. The highest BCUT2D eigenvalue weighted by molar-refractivity contribution is 7.24. The van der Waals surface area contributed by atoms with Gasteiger partial charge in [0.25, 0.3) is 0 Å². The van der Waals surface area contributed by atoms with E-state index in [2.05, 4.69) is 62.1 Å². The second-order valence-corrected chi connectivity index (χ2v) is 15.9. The normalized spacial score (nSPS) is 19.0. The first-order chi connectivity index (χ1) is 24.0. The Hall–Kier alpha value is -3.46. The summed E-state index contributed by atoms with van der Waals surface area (Å²) in [6.07, 6.45) is 11.1. The van der Waals surface area contributed by atoms with Crippen LogP contribution in [0.15, 0.2) is 24.8 Å². The van der Waals surface area contributed by atoms with Crippen LogP contribution in [0.1, 0.15) is 105 Å². The van der Waals surface area contributed by atoms with Crippen LogP contribution < -0.4 is 10.6 Å². The Labute approximate surface area is 304 Å². The first-order valence-corrected chi connectivity index (χ1v) is 19.8. The quantitative estimate of drug-likeness (QED) is 0.127. The number of aromatic nitrogens is 6. The van der Waals surface area contributed by atoms with Crippen LogP contribution in [-0.4, -0.2) is 89.8 Å². The van der Waals surface area contributed by atoms with Gasteiger partial charge in [-0.3, -0.25) is 9.59 Å². The maximum absolute atomic E-state index is 13.6. The molecule has 0 spiro atoms. The van der Waals surface area contributed by atoms with Crippen LogP contribution in [0.3, 0.4) is 0 Å². The molecule has 2 saturated heterocycles. The van der Waals surface area contributed by atoms with Crippen molar-refractivity contribution >= 4 is 34.5 Å². The van der Waals surface area contributed by atoms with Gasteiger partial charge in [0.1, 0.15) is 11.6 Å². The Morgan fingerprint density at radius 3 is 1.56 bits per heavy atom. The molecule has 0 unspecified atom stereocenters. The Balaban J connectivity index is 0.00000239. The summed E-state index contributed by atoms with van der Waals surface area (Å²) in [4.78, 5) is 58.6. The number of carbonyl (C=O) groups excluding carboxylic acids is 2. The van der Waals surface area contributed by atoms with E-state index in [1.807, 2.05) is 55.5 Å². The molecule has 6 heterocycles. The predicted molar refractivity (Wildman–Crippen MR) is 202 cm³/mol. The minimum Gasteiger partial charge on any atom is -0.340 e. The summed E-state index contributed by atoms with van der Waals surface area (Å²) in [5, 5.41) is 8.31. The van der Waals surface area contributed by atoms with E-state index in [1.54, 1.807) is 22.7 Å². The Kier molecular flexibility index (Phi) is 12.6. The molecule has 272 valence electrons. The number of hydrogen-bond acceptors (Lipinski definition) is 10. The molecule has 4 N–H and O–H groups in total. The minimum atomic E-state index is -0.219. The monoisotopic (exact) mass is 722 g/mol. The molecule has 0 aromatic carbocycles. The summed E-state index contributed by atoms with van der Waals surface area (Å²) in [5.41, 5.74) is 1.77. The summed E-state index contributed by atoms with van der Waals surface area (Å²) < 4.78 is 0. The zero-order valence-corrected chi connectivity index (χ0v) is 32.5. The van der Waals surface area contributed by atoms with Crippen LogP contribution in [0.5, 0.6) is 0 Å². The predicted octanol–water partition coefficient (Wildman–Crippen LogP) is 6.67. The van der Waals surface area contributed by atoms with Gasteiger partial charge in [-0.15, -0.1) is 22.7 Å². The number of H-pyrrole nitrogens is 2. The summed E-state index contributed by atoms with van der Waals surface area (Å²) in [7, 11) is 1.85. The molecule has 4 atom stereocenters. The maximum Gasteiger partial charge on any atom is 0.240 e. The van der Waals surface area contributed by atoms with Gasteiger partial charge in [0.15, 0.2) is 10.0 Å². The number of thiazole rings is 2. The van der Waals surface area contributed by atoms with E-state index in [0.717, 1.165) is 81.6 Å². The number of hydrogen-bond donors (Lipinski definition) is 4. The first kappa shape index (κ1) is 37.8. The molecule has 14 heteroatoms. The highest BCUT2D eigenvalue weighted by atomic mass is 32.1. The highest BCUT2D eigenvalue weighted by Gasteiger charge is 2.38. The number of amides is 2. The third-order valence-electron chi connectivity index (χ3n) is 9.31.